The molecule has 0 unspecified atom stereocenters. The Morgan fingerprint density at radius 1 is 1.64 bits per heavy atom. The summed E-state index contributed by atoms with van der Waals surface area (Å²) in [6.45, 7) is 1.64. The molecule has 0 bridgehead atoms. The second-order valence-electron chi connectivity index (χ2n) is 2.66. The Balaban J connectivity index is 3.34. The summed E-state index contributed by atoms with van der Waals surface area (Å²) in [5.74, 6) is 0. The largest absolute Gasteiger partial charge is 0.411 e. The van der Waals surface area contributed by atoms with Crippen molar-refractivity contribution in [3.63, 3.8) is 0 Å². The quantitative estimate of drug-likeness (QED) is 0.383. The van der Waals surface area contributed by atoms with Crippen molar-refractivity contribution >= 4 is 27.8 Å². The van der Waals surface area contributed by atoms with Crippen LogP contribution in [0.1, 0.15) is 11.1 Å². The van der Waals surface area contributed by atoms with Gasteiger partial charge in [-0.1, -0.05) is 21.1 Å². The van der Waals surface area contributed by atoms with E-state index >= 15 is 0 Å². The van der Waals surface area contributed by atoms with Gasteiger partial charge in [0.1, 0.15) is 0 Å². The van der Waals surface area contributed by atoms with Gasteiger partial charge in [0, 0.05) is 21.7 Å². The second kappa shape index (κ2) is 4.19. The summed E-state index contributed by atoms with van der Waals surface area (Å²) < 4.78 is 0.651. The zero-order valence-corrected chi connectivity index (χ0v) is 8.85. The van der Waals surface area contributed by atoms with Crippen LogP contribution in [0, 0.1) is 17.0 Å². The maximum absolute atomic E-state index is 10.6. The fraction of sp³-hybridized carbons (Fsp3) is 0.125. The molecule has 0 saturated carbocycles. The molecule has 0 amide bonds. The molecule has 1 aromatic carbocycles. The molecule has 1 aromatic rings. The van der Waals surface area contributed by atoms with Crippen molar-refractivity contribution in [1.82, 2.24) is 0 Å². The number of nitro groups is 1. The molecule has 74 valence electrons. The Kier molecular flexibility index (Phi) is 3.19. The fourth-order valence-electron chi connectivity index (χ4n) is 1.04. The van der Waals surface area contributed by atoms with E-state index in [2.05, 4.69) is 21.1 Å². The van der Waals surface area contributed by atoms with Crippen molar-refractivity contribution in [3.05, 3.63) is 37.8 Å². The van der Waals surface area contributed by atoms with Crippen molar-refractivity contribution in [2.24, 2.45) is 5.16 Å². The van der Waals surface area contributed by atoms with E-state index in [4.69, 9.17) is 5.21 Å². The first-order valence-electron chi connectivity index (χ1n) is 3.68. The molecule has 0 saturated heterocycles. The van der Waals surface area contributed by atoms with Gasteiger partial charge in [0.05, 0.1) is 11.1 Å². The molecular formula is C8H7BrN2O3. The molecule has 0 spiro atoms. The van der Waals surface area contributed by atoms with E-state index in [1.807, 2.05) is 0 Å². The lowest BCUT2D eigenvalue weighted by molar-refractivity contribution is -0.385. The summed E-state index contributed by atoms with van der Waals surface area (Å²) in [5.41, 5.74) is 1.02. The van der Waals surface area contributed by atoms with Gasteiger partial charge < -0.3 is 5.21 Å². The predicted molar refractivity (Wildman–Crippen MR) is 54.9 cm³/mol. The van der Waals surface area contributed by atoms with Gasteiger partial charge in [-0.25, -0.2) is 0 Å². The van der Waals surface area contributed by atoms with Crippen LogP contribution in [0.2, 0.25) is 0 Å². The van der Waals surface area contributed by atoms with Gasteiger partial charge in [-0.3, -0.25) is 10.1 Å². The van der Waals surface area contributed by atoms with Gasteiger partial charge in [0.25, 0.3) is 5.69 Å². The topological polar surface area (TPSA) is 75.7 Å². The molecule has 0 atom stereocenters. The Morgan fingerprint density at radius 2 is 2.29 bits per heavy atom. The van der Waals surface area contributed by atoms with E-state index in [0.29, 0.717) is 15.6 Å². The van der Waals surface area contributed by atoms with Gasteiger partial charge in [0.15, 0.2) is 0 Å². The molecule has 6 heteroatoms. The van der Waals surface area contributed by atoms with Crippen LogP contribution in [0.15, 0.2) is 21.8 Å². The average Bonchev–Trinajstić information content (AvgIpc) is 2.09. The van der Waals surface area contributed by atoms with Crippen LogP contribution < -0.4 is 0 Å². The number of oxime groups is 1. The van der Waals surface area contributed by atoms with E-state index < -0.39 is 4.92 Å². The number of benzene rings is 1. The minimum atomic E-state index is -0.476. The molecule has 0 aliphatic rings. The summed E-state index contributed by atoms with van der Waals surface area (Å²) >= 11 is 3.21. The normalized spacial score (nSPS) is 10.7. The molecule has 1 N–H and O–H groups in total. The maximum atomic E-state index is 10.6. The zero-order valence-electron chi connectivity index (χ0n) is 7.27. The van der Waals surface area contributed by atoms with Gasteiger partial charge >= 0.3 is 0 Å². The molecule has 0 aliphatic carbocycles. The third-order valence-corrected chi connectivity index (χ3v) is 2.40. The summed E-state index contributed by atoms with van der Waals surface area (Å²) in [5, 5.41) is 21.7. The first-order chi connectivity index (χ1) is 6.56. The van der Waals surface area contributed by atoms with Gasteiger partial charge in [-0.15, -0.1) is 0 Å². The van der Waals surface area contributed by atoms with Gasteiger partial charge in [0.2, 0.25) is 0 Å². The van der Waals surface area contributed by atoms with Crippen LogP contribution in [-0.4, -0.2) is 16.3 Å². The number of nitrogens with zero attached hydrogens (tertiary/aromatic N) is 2. The number of aryl methyl sites for hydroxylation is 1. The Hall–Kier alpha value is -1.43. The fourth-order valence-corrected chi connectivity index (χ4v) is 1.60. The van der Waals surface area contributed by atoms with Crippen LogP contribution >= 0.6 is 15.9 Å². The van der Waals surface area contributed by atoms with Crippen LogP contribution in [0.25, 0.3) is 0 Å². The summed E-state index contributed by atoms with van der Waals surface area (Å²) in [7, 11) is 0. The van der Waals surface area contributed by atoms with Crippen LogP contribution in [0.4, 0.5) is 5.69 Å². The molecule has 0 aromatic heterocycles. The Morgan fingerprint density at radius 3 is 2.79 bits per heavy atom. The lowest BCUT2D eigenvalue weighted by atomic mass is 10.1. The minimum absolute atomic E-state index is 0.00287. The van der Waals surface area contributed by atoms with Crippen molar-refractivity contribution < 1.29 is 10.1 Å². The van der Waals surface area contributed by atoms with Crippen LogP contribution in [-0.2, 0) is 0 Å². The Bertz CT molecular complexity index is 404. The first kappa shape index (κ1) is 10.6. The standard InChI is InChI=1S/C8H7BrN2O3/c1-5-2-7(9)6(4-10-12)3-8(5)11(13)14/h2-4,12H,1H3/b10-4-. The van der Waals surface area contributed by atoms with Crippen molar-refractivity contribution in [1.29, 1.82) is 0 Å². The lowest BCUT2D eigenvalue weighted by Gasteiger charge is -2.00. The molecule has 1 rings (SSSR count). The summed E-state index contributed by atoms with van der Waals surface area (Å²) in [6.07, 6.45) is 1.14. The molecule has 14 heavy (non-hydrogen) atoms. The highest BCUT2D eigenvalue weighted by molar-refractivity contribution is 9.10. The minimum Gasteiger partial charge on any atom is -0.411 e. The Labute approximate surface area is 88.3 Å². The molecule has 0 fully saturated rings. The summed E-state index contributed by atoms with van der Waals surface area (Å²) in [4.78, 5) is 10.1. The van der Waals surface area contributed by atoms with Crippen molar-refractivity contribution in [2.75, 3.05) is 0 Å². The van der Waals surface area contributed by atoms with E-state index in [0.717, 1.165) is 6.21 Å². The third-order valence-electron chi connectivity index (χ3n) is 1.71. The molecule has 0 radical (unpaired) electrons. The van der Waals surface area contributed by atoms with Gasteiger partial charge in [-0.2, -0.15) is 0 Å². The van der Waals surface area contributed by atoms with Crippen LogP contribution in [0.5, 0.6) is 0 Å². The third kappa shape index (κ3) is 2.08. The number of nitro benzene ring substituents is 1. The van der Waals surface area contributed by atoms with E-state index in [1.54, 1.807) is 13.0 Å². The first-order valence-corrected chi connectivity index (χ1v) is 4.47. The number of rotatable bonds is 2. The number of halogens is 1. The zero-order chi connectivity index (χ0) is 10.7. The molecule has 5 nitrogen and oxygen atoms in total. The van der Waals surface area contributed by atoms with Crippen molar-refractivity contribution in [2.45, 2.75) is 6.92 Å². The highest BCUT2D eigenvalue weighted by Gasteiger charge is 2.13. The summed E-state index contributed by atoms with van der Waals surface area (Å²) in [6, 6.07) is 2.95. The number of hydrogen-bond donors (Lipinski definition) is 1. The van der Waals surface area contributed by atoms with Crippen molar-refractivity contribution in [3.8, 4) is 0 Å². The highest BCUT2D eigenvalue weighted by Crippen LogP contribution is 2.25. The van der Waals surface area contributed by atoms with E-state index in [-0.39, 0.29) is 5.69 Å². The van der Waals surface area contributed by atoms with E-state index in [1.165, 1.54) is 6.07 Å². The molecule has 0 heterocycles. The monoisotopic (exact) mass is 258 g/mol. The predicted octanol–water partition coefficient (Wildman–Crippen LogP) is 2.47. The van der Waals surface area contributed by atoms with Crippen LogP contribution in [0.3, 0.4) is 0 Å². The van der Waals surface area contributed by atoms with Gasteiger partial charge in [-0.05, 0) is 13.0 Å². The average molecular weight is 259 g/mol. The number of hydrogen-bond acceptors (Lipinski definition) is 4. The molecular weight excluding hydrogens is 252 g/mol. The smallest absolute Gasteiger partial charge is 0.273 e. The molecule has 0 aliphatic heterocycles. The van der Waals surface area contributed by atoms with E-state index in [9.17, 15) is 10.1 Å². The second-order valence-corrected chi connectivity index (χ2v) is 3.52. The lowest BCUT2D eigenvalue weighted by Crippen LogP contribution is -1.94. The highest BCUT2D eigenvalue weighted by atomic mass is 79.9. The SMILES string of the molecule is Cc1cc(Br)c(/C=N\O)cc1[N+](=O)[O-]. The maximum Gasteiger partial charge on any atom is 0.273 e.